The summed E-state index contributed by atoms with van der Waals surface area (Å²) in [5, 5.41) is 24.5. The van der Waals surface area contributed by atoms with Crippen LogP contribution in [0.15, 0.2) is 88.9 Å². The van der Waals surface area contributed by atoms with E-state index < -0.39 is 5.41 Å². The Balaban J connectivity index is 1.27. The summed E-state index contributed by atoms with van der Waals surface area (Å²) in [4.78, 5) is 28.2. The van der Waals surface area contributed by atoms with Gasteiger partial charge in [-0.1, -0.05) is 49.7 Å². The second kappa shape index (κ2) is 12.5. The molecule has 3 aliphatic heterocycles. The van der Waals surface area contributed by atoms with Crippen LogP contribution in [0.4, 0.5) is 0 Å². The Morgan fingerprint density at radius 1 is 0.958 bits per heavy atom. The minimum atomic E-state index is -0.765. The summed E-state index contributed by atoms with van der Waals surface area (Å²) in [6.45, 7) is 4.17. The highest BCUT2D eigenvalue weighted by Crippen LogP contribution is 2.72. The van der Waals surface area contributed by atoms with Crippen molar-refractivity contribution in [2.75, 3.05) is 19.7 Å². The van der Waals surface area contributed by atoms with Crippen molar-refractivity contribution in [3.05, 3.63) is 94.5 Å². The average Bonchev–Trinajstić information content (AvgIpc) is 3.61. The summed E-state index contributed by atoms with van der Waals surface area (Å²) in [6, 6.07) is 15.6. The van der Waals surface area contributed by atoms with Crippen molar-refractivity contribution in [1.29, 1.82) is 0 Å². The lowest BCUT2D eigenvalue weighted by molar-refractivity contribution is -0.135. The number of unbranched alkanes of at least 4 members (excludes halogenated alkanes) is 1. The van der Waals surface area contributed by atoms with E-state index in [0.29, 0.717) is 29.4 Å². The molecule has 2 aromatic rings. The van der Waals surface area contributed by atoms with Crippen LogP contribution in [-0.2, 0) is 19.1 Å². The maximum atomic E-state index is 14.2. The Morgan fingerprint density at radius 3 is 2.54 bits per heavy atom. The molecule has 250 valence electrons. The van der Waals surface area contributed by atoms with Gasteiger partial charge in [0.15, 0.2) is 0 Å². The smallest absolute Gasteiger partial charge is 0.340 e. The van der Waals surface area contributed by atoms with Crippen molar-refractivity contribution < 1.29 is 29.3 Å². The van der Waals surface area contributed by atoms with Gasteiger partial charge in [-0.15, -0.1) is 0 Å². The number of cyclic esters (lactones) is 2. The van der Waals surface area contributed by atoms with E-state index in [0.717, 1.165) is 97.9 Å². The van der Waals surface area contributed by atoms with Gasteiger partial charge in [0.2, 0.25) is 0 Å². The molecule has 48 heavy (non-hydrogen) atoms. The molecule has 7 nitrogen and oxygen atoms in total. The fourth-order valence-electron chi connectivity index (χ4n) is 10.1. The molecule has 3 heterocycles. The fourth-order valence-corrected chi connectivity index (χ4v) is 10.1. The van der Waals surface area contributed by atoms with Crippen LogP contribution in [0.1, 0.15) is 70.3 Å². The van der Waals surface area contributed by atoms with Gasteiger partial charge in [0.1, 0.15) is 17.3 Å². The number of fused-ring (bicyclic) bond motifs is 1. The number of ether oxygens (including phenoxy) is 2. The van der Waals surface area contributed by atoms with E-state index >= 15 is 0 Å². The van der Waals surface area contributed by atoms with Crippen LogP contribution < -0.4 is 5.32 Å². The van der Waals surface area contributed by atoms with Crippen molar-refractivity contribution in [3.63, 3.8) is 0 Å². The molecule has 0 aromatic heterocycles. The minimum absolute atomic E-state index is 0.0303. The number of aromatic hydroxyl groups is 1. The molecule has 9 rings (SSSR count). The molecule has 0 radical (unpaired) electrons. The number of hydrogen-bond acceptors (Lipinski definition) is 7. The number of carbonyl (C=O) groups is 2. The zero-order chi connectivity index (χ0) is 33.0. The van der Waals surface area contributed by atoms with Crippen molar-refractivity contribution in [2.45, 2.75) is 64.7 Å². The lowest BCUT2D eigenvalue weighted by atomic mass is 9.44. The van der Waals surface area contributed by atoms with E-state index in [1.165, 1.54) is 0 Å². The Labute approximate surface area is 282 Å². The number of piperidine rings is 1. The topological polar surface area (TPSA) is 105 Å². The molecule has 5 atom stereocenters. The van der Waals surface area contributed by atoms with E-state index in [2.05, 4.69) is 30.4 Å². The molecule has 2 aromatic carbocycles. The zero-order valence-electron chi connectivity index (χ0n) is 27.7. The number of rotatable bonds is 8. The highest BCUT2D eigenvalue weighted by molar-refractivity contribution is 6.07. The van der Waals surface area contributed by atoms with Gasteiger partial charge in [-0.05, 0) is 135 Å². The number of allylic oxidation sites excluding steroid dienone is 5. The van der Waals surface area contributed by atoms with Crippen LogP contribution in [-0.4, -0.2) is 41.8 Å². The quantitative estimate of drug-likeness (QED) is 0.260. The molecule has 0 unspecified atom stereocenters. The van der Waals surface area contributed by atoms with Gasteiger partial charge >= 0.3 is 11.9 Å². The molecule has 1 saturated carbocycles. The van der Waals surface area contributed by atoms with Crippen molar-refractivity contribution >= 4 is 17.5 Å². The Hall–Kier alpha value is -3.94. The number of phenols is 1. The van der Waals surface area contributed by atoms with Crippen molar-refractivity contribution in [2.24, 2.45) is 35.0 Å². The predicted octanol–water partition coefficient (Wildman–Crippen LogP) is 7.23. The summed E-state index contributed by atoms with van der Waals surface area (Å²) in [5.74, 6) is 1.36. The Kier molecular flexibility index (Phi) is 8.16. The van der Waals surface area contributed by atoms with Gasteiger partial charge in [0.05, 0.1) is 11.0 Å². The van der Waals surface area contributed by atoms with Crippen LogP contribution in [0.2, 0.25) is 0 Å². The van der Waals surface area contributed by atoms with Crippen LogP contribution in [0.25, 0.3) is 16.7 Å². The molecule has 7 aliphatic rings. The van der Waals surface area contributed by atoms with E-state index in [1.54, 1.807) is 6.07 Å². The average molecular weight is 648 g/mol. The number of esters is 2. The molecule has 7 heteroatoms. The number of phenolic OH excluding ortho intramolecular Hbond substituents is 1. The molecule has 3 fully saturated rings. The number of hydrogen-bond donors (Lipinski definition) is 3. The molecule has 1 spiro atoms. The lowest BCUT2D eigenvalue weighted by Crippen LogP contribution is -2.52. The summed E-state index contributed by atoms with van der Waals surface area (Å²) < 4.78 is 12.4. The van der Waals surface area contributed by atoms with Crippen LogP contribution in [0.3, 0.4) is 0 Å². The monoisotopic (exact) mass is 647 g/mol. The van der Waals surface area contributed by atoms with Crippen LogP contribution >= 0.6 is 0 Å². The second-order valence-corrected chi connectivity index (χ2v) is 14.5. The maximum Gasteiger partial charge on any atom is 0.340 e. The van der Waals surface area contributed by atoms with E-state index in [9.17, 15) is 19.8 Å². The number of carbonyl (C=O) groups excluding carboxylic acids is 2. The number of aliphatic hydroxyl groups excluding tert-OH is 1. The van der Waals surface area contributed by atoms with Crippen molar-refractivity contribution in [3.8, 4) is 16.9 Å². The third kappa shape index (κ3) is 4.84. The van der Waals surface area contributed by atoms with Gasteiger partial charge in [-0.2, -0.15) is 0 Å². The van der Waals surface area contributed by atoms with Crippen LogP contribution in [0, 0.1) is 35.0 Å². The Bertz CT molecular complexity index is 1760. The standard InChI is InChI=1S/C41H45NO6/c1-2-3-9-34-41-19-16-29(35(38(41)40(46)48-34)32-22-27(44)11-12-28(32)25-7-5-4-6-8-25)30-13-14-31-33(47-39(45)36(31)37(30)41)15-10-26(23-43)24-17-20-42-21-18-24/h4-9,11-12,15,22,24,26,29-30,37,42-44H,2-3,10,13-14,16-21,23H2,1H3/t26-,29-,30-,37-,41-/m1/s1. The number of benzene rings is 2. The van der Waals surface area contributed by atoms with Gasteiger partial charge < -0.3 is 25.0 Å². The number of nitrogens with one attached hydrogen (secondary N) is 1. The normalized spacial score (nSPS) is 30.4. The molecule has 2 saturated heterocycles. The Morgan fingerprint density at radius 2 is 1.77 bits per heavy atom. The van der Waals surface area contributed by atoms with Gasteiger partial charge in [0.25, 0.3) is 0 Å². The molecular formula is C41H45NO6. The first-order valence-electron chi connectivity index (χ1n) is 18.0. The van der Waals surface area contributed by atoms with Gasteiger partial charge in [-0.3, -0.25) is 0 Å². The number of aliphatic hydroxyl groups is 1. The summed E-state index contributed by atoms with van der Waals surface area (Å²) in [5.41, 5.74) is 5.44. The minimum Gasteiger partial charge on any atom is -0.508 e. The highest BCUT2D eigenvalue weighted by atomic mass is 16.5. The molecular weight excluding hydrogens is 602 g/mol. The first-order chi connectivity index (χ1) is 23.5. The first-order valence-corrected chi connectivity index (χ1v) is 18.0. The maximum absolute atomic E-state index is 14.2. The molecule has 4 aliphatic carbocycles. The van der Waals surface area contributed by atoms with Crippen molar-refractivity contribution in [1.82, 2.24) is 5.32 Å². The first kappa shape index (κ1) is 31.3. The third-order valence-electron chi connectivity index (χ3n) is 12.2. The van der Waals surface area contributed by atoms with Gasteiger partial charge in [0, 0.05) is 23.7 Å². The molecule has 3 N–H and O–H groups in total. The van der Waals surface area contributed by atoms with Gasteiger partial charge in [-0.25, -0.2) is 9.59 Å². The summed E-state index contributed by atoms with van der Waals surface area (Å²) in [7, 11) is 0. The third-order valence-corrected chi connectivity index (χ3v) is 12.2. The zero-order valence-corrected chi connectivity index (χ0v) is 27.7. The fraction of sp³-hybridized carbons (Fsp3) is 0.463. The predicted molar refractivity (Wildman–Crippen MR) is 183 cm³/mol. The van der Waals surface area contributed by atoms with E-state index in [4.69, 9.17) is 9.47 Å². The van der Waals surface area contributed by atoms with E-state index in [-0.39, 0.29) is 48.0 Å². The largest absolute Gasteiger partial charge is 0.508 e. The second-order valence-electron chi connectivity index (χ2n) is 14.5. The molecule has 0 amide bonds. The summed E-state index contributed by atoms with van der Waals surface area (Å²) >= 11 is 0. The summed E-state index contributed by atoms with van der Waals surface area (Å²) in [6.07, 6.45) is 11.8. The molecule has 2 bridgehead atoms. The van der Waals surface area contributed by atoms with E-state index in [1.807, 2.05) is 36.4 Å². The lowest BCUT2D eigenvalue weighted by Gasteiger charge is -2.56. The SMILES string of the molecule is CCCC=C1OC(=O)C2=C(c3cc(O)ccc3-c3ccccc3)[C@@H]3CC[C@]12[C@H]1C2=C(CC[C@H]31)C(=CC[C@H](CO)C1CCNCC1)OC2=O. The van der Waals surface area contributed by atoms with Crippen LogP contribution in [0.5, 0.6) is 5.75 Å². The highest BCUT2D eigenvalue weighted by Gasteiger charge is 2.68.